The van der Waals surface area contributed by atoms with E-state index in [-0.39, 0.29) is 11.7 Å². The Morgan fingerprint density at radius 1 is 1.44 bits per heavy atom. The number of carbonyl (C=O) groups is 1. The van der Waals surface area contributed by atoms with Crippen molar-refractivity contribution >= 4 is 17.1 Å². The van der Waals surface area contributed by atoms with Gasteiger partial charge in [-0.2, -0.15) is 0 Å². The third-order valence-electron chi connectivity index (χ3n) is 4.13. The number of ketones is 1. The van der Waals surface area contributed by atoms with Crippen molar-refractivity contribution in [3.8, 4) is 0 Å². The molecule has 0 aromatic carbocycles. The molecule has 0 spiro atoms. The molecule has 1 aliphatic rings. The van der Waals surface area contributed by atoms with Gasteiger partial charge in [-0.15, -0.1) is 11.3 Å². The first-order valence-corrected chi connectivity index (χ1v) is 7.68. The van der Waals surface area contributed by atoms with Gasteiger partial charge in [-0.3, -0.25) is 4.79 Å². The van der Waals surface area contributed by atoms with Gasteiger partial charge >= 0.3 is 0 Å². The lowest BCUT2D eigenvalue weighted by Gasteiger charge is -2.30. The SMILES string of the molecule is CC1CCC(C(=O)c2csc(CCN)n2)CC1C. The van der Waals surface area contributed by atoms with Gasteiger partial charge in [-0.1, -0.05) is 13.8 Å². The summed E-state index contributed by atoms with van der Waals surface area (Å²) in [6, 6.07) is 0. The molecular formula is C14H22N2OS. The molecule has 1 aromatic heterocycles. The van der Waals surface area contributed by atoms with Crippen molar-refractivity contribution in [1.82, 2.24) is 4.98 Å². The number of hydrogen-bond acceptors (Lipinski definition) is 4. The summed E-state index contributed by atoms with van der Waals surface area (Å²) in [4.78, 5) is 16.8. The lowest BCUT2D eigenvalue weighted by molar-refractivity contribution is 0.0833. The minimum Gasteiger partial charge on any atom is -0.330 e. The topological polar surface area (TPSA) is 56.0 Å². The number of thiazole rings is 1. The van der Waals surface area contributed by atoms with Crippen LogP contribution in [-0.4, -0.2) is 17.3 Å². The Morgan fingerprint density at radius 2 is 2.22 bits per heavy atom. The fourth-order valence-electron chi connectivity index (χ4n) is 2.66. The molecular weight excluding hydrogens is 244 g/mol. The molecule has 100 valence electrons. The van der Waals surface area contributed by atoms with E-state index in [0.717, 1.165) is 36.6 Å². The number of aromatic nitrogens is 1. The van der Waals surface area contributed by atoms with Crippen LogP contribution in [0.2, 0.25) is 0 Å². The standard InChI is InChI=1S/C14H22N2OS/c1-9-3-4-11(7-10(9)2)14(17)12-8-18-13(16-12)5-6-15/h8-11H,3-7,15H2,1-2H3. The number of hydrogen-bond donors (Lipinski definition) is 1. The molecule has 1 aliphatic carbocycles. The molecule has 3 unspecified atom stereocenters. The third kappa shape index (κ3) is 2.98. The third-order valence-corrected chi connectivity index (χ3v) is 5.04. The number of nitrogens with zero attached hydrogens (tertiary/aromatic N) is 1. The predicted molar refractivity (Wildman–Crippen MR) is 74.9 cm³/mol. The Hall–Kier alpha value is -0.740. The van der Waals surface area contributed by atoms with E-state index in [1.165, 1.54) is 0 Å². The van der Waals surface area contributed by atoms with Crippen LogP contribution >= 0.6 is 11.3 Å². The molecule has 3 atom stereocenters. The molecule has 0 aliphatic heterocycles. The highest BCUT2D eigenvalue weighted by Crippen LogP contribution is 2.35. The maximum atomic E-state index is 12.4. The van der Waals surface area contributed by atoms with Gasteiger partial charge in [0.2, 0.25) is 0 Å². The van der Waals surface area contributed by atoms with Crippen molar-refractivity contribution in [2.75, 3.05) is 6.54 Å². The zero-order valence-corrected chi connectivity index (χ0v) is 12.0. The zero-order chi connectivity index (χ0) is 13.1. The van der Waals surface area contributed by atoms with Crippen LogP contribution in [0.4, 0.5) is 0 Å². The van der Waals surface area contributed by atoms with Crippen molar-refractivity contribution < 1.29 is 4.79 Å². The predicted octanol–water partition coefficient (Wildman–Crippen LogP) is 2.90. The Kier molecular flexibility index (Phi) is 4.51. The van der Waals surface area contributed by atoms with E-state index < -0.39 is 0 Å². The summed E-state index contributed by atoms with van der Waals surface area (Å²) in [5.41, 5.74) is 6.17. The molecule has 1 aromatic rings. The maximum absolute atomic E-state index is 12.4. The average molecular weight is 266 g/mol. The minimum absolute atomic E-state index is 0.184. The Bertz CT molecular complexity index is 416. The lowest BCUT2D eigenvalue weighted by atomic mass is 9.74. The molecule has 18 heavy (non-hydrogen) atoms. The van der Waals surface area contributed by atoms with Crippen molar-refractivity contribution in [2.24, 2.45) is 23.5 Å². The summed E-state index contributed by atoms with van der Waals surface area (Å²) in [5.74, 6) is 1.82. The van der Waals surface area contributed by atoms with Crippen LogP contribution in [0.1, 0.15) is 48.6 Å². The molecule has 1 fully saturated rings. The Morgan fingerprint density at radius 3 is 2.89 bits per heavy atom. The van der Waals surface area contributed by atoms with Gasteiger partial charge in [0.05, 0.1) is 5.01 Å². The van der Waals surface area contributed by atoms with E-state index in [0.29, 0.717) is 18.2 Å². The second-order valence-electron chi connectivity index (χ2n) is 5.49. The number of nitrogens with two attached hydrogens (primary N) is 1. The summed E-state index contributed by atoms with van der Waals surface area (Å²) in [6.07, 6.45) is 3.98. The summed E-state index contributed by atoms with van der Waals surface area (Å²) in [5, 5.41) is 2.88. The van der Waals surface area contributed by atoms with E-state index in [1.54, 1.807) is 11.3 Å². The first-order chi connectivity index (χ1) is 8.61. The first-order valence-electron chi connectivity index (χ1n) is 6.80. The van der Waals surface area contributed by atoms with E-state index in [1.807, 2.05) is 5.38 Å². The number of Topliss-reactive ketones (excluding diaryl/α,β-unsaturated/α-hetero) is 1. The molecule has 0 bridgehead atoms. The highest BCUT2D eigenvalue weighted by Gasteiger charge is 2.30. The van der Waals surface area contributed by atoms with Gasteiger partial charge in [0, 0.05) is 17.7 Å². The molecule has 1 heterocycles. The second kappa shape index (κ2) is 5.93. The van der Waals surface area contributed by atoms with Gasteiger partial charge in [0.1, 0.15) is 5.69 Å². The lowest BCUT2D eigenvalue weighted by Crippen LogP contribution is -2.26. The summed E-state index contributed by atoms with van der Waals surface area (Å²) < 4.78 is 0. The Labute approximate surface area is 113 Å². The van der Waals surface area contributed by atoms with Crippen LogP contribution in [0.3, 0.4) is 0 Å². The summed E-state index contributed by atoms with van der Waals surface area (Å²) in [7, 11) is 0. The van der Waals surface area contributed by atoms with Crippen LogP contribution in [0, 0.1) is 17.8 Å². The molecule has 2 N–H and O–H groups in total. The smallest absolute Gasteiger partial charge is 0.185 e. The van der Waals surface area contributed by atoms with Crippen LogP contribution in [0.5, 0.6) is 0 Å². The van der Waals surface area contributed by atoms with Crippen molar-refractivity contribution in [1.29, 1.82) is 0 Å². The van der Waals surface area contributed by atoms with Crippen LogP contribution in [0.15, 0.2) is 5.38 Å². The van der Waals surface area contributed by atoms with E-state index in [4.69, 9.17) is 5.73 Å². The van der Waals surface area contributed by atoms with Crippen molar-refractivity contribution in [3.05, 3.63) is 16.1 Å². The molecule has 0 radical (unpaired) electrons. The highest BCUT2D eigenvalue weighted by atomic mass is 32.1. The highest BCUT2D eigenvalue weighted by molar-refractivity contribution is 7.09. The second-order valence-corrected chi connectivity index (χ2v) is 6.44. The monoisotopic (exact) mass is 266 g/mol. The molecule has 3 nitrogen and oxygen atoms in total. The van der Waals surface area contributed by atoms with Gasteiger partial charge in [0.25, 0.3) is 0 Å². The van der Waals surface area contributed by atoms with Gasteiger partial charge in [-0.25, -0.2) is 4.98 Å². The molecule has 0 amide bonds. The van der Waals surface area contributed by atoms with Gasteiger partial charge in [0.15, 0.2) is 5.78 Å². The number of rotatable bonds is 4. The fourth-order valence-corrected chi connectivity index (χ4v) is 3.46. The average Bonchev–Trinajstić information content (AvgIpc) is 2.81. The van der Waals surface area contributed by atoms with E-state index >= 15 is 0 Å². The van der Waals surface area contributed by atoms with Crippen LogP contribution < -0.4 is 5.73 Å². The summed E-state index contributed by atoms with van der Waals surface area (Å²) in [6.45, 7) is 5.14. The Balaban J connectivity index is 2.02. The fraction of sp³-hybridized carbons (Fsp3) is 0.714. The van der Waals surface area contributed by atoms with Crippen LogP contribution in [0.25, 0.3) is 0 Å². The molecule has 1 saturated carbocycles. The van der Waals surface area contributed by atoms with E-state index in [2.05, 4.69) is 18.8 Å². The van der Waals surface area contributed by atoms with Gasteiger partial charge in [-0.05, 0) is 37.6 Å². The largest absolute Gasteiger partial charge is 0.330 e. The van der Waals surface area contributed by atoms with Crippen LogP contribution in [-0.2, 0) is 6.42 Å². The van der Waals surface area contributed by atoms with Crippen molar-refractivity contribution in [3.63, 3.8) is 0 Å². The van der Waals surface area contributed by atoms with Gasteiger partial charge < -0.3 is 5.73 Å². The van der Waals surface area contributed by atoms with E-state index in [9.17, 15) is 4.79 Å². The maximum Gasteiger partial charge on any atom is 0.185 e. The number of carbonyl (C=O) groups excluding carboxylic acids is 1. The minimum atomic E-state index is 0.184. The molecule has 4 heteroatoms. The summed E-state index contributed by atoms with van der Waals surface area (Å²) >= 11 is 1.56. The first kappa shape index (κ1) is 13.7. The van der Waals surface area contributed by atoms with Crippen molar-refractivity contribution in [2.45, 2.75) is 39.5 Å². The zero-order valence-electron chi connectivity index (χ0n) is 11.2. The molecule has 0 saturated heterocycles. The quantitative estimate of drug-likeness (QED) is 0.853. The normalized spacial score (nSPS) is 28.3. The molecule has 2 rings (SSSR count).